The zero-order valence-corrected chi connectivity index (χ0v) is 15.7. The second-order valence-corrected chi connectivity index (χ2v) is 9.60. The largest absolute Gasteiger partial charge is 0.523 e. The Balaban J connectivity index is 2.16. The third kappa shape index (κ3) is 4.55. The van der Waals surface area contributed by atoms with Gasteiger partial charge in [0.2, 0.25) is 0 Å². The Hall–Kier alpha value is -0.230. The lowest BCUT2D eigenvalue weighted by Gasteiger charge is -2.25. The van der Waals surface area contributed by atoms with Crippen molar-refractivity contribution >= 4 is 17.9 Å². The van der Waals surface area contributed by atoms with Crippen LogP contribution in [0.5, 0.6) is 0 Å². The summed E-state index contributed by atoms with van der Waals surface area (Å²) in [4.78, 5) is 0. The third-order valence-corrected chi connectivity index (χ3v) is 6.25. The molecular weight excluding hydrogens is 392 g/mol. The van der Waals surface area contributed by atoms with Gasteiger partial charge in [-0.25, -0.2) is 0 Å². The van der Waals surface area contributed by atoms with Crippen LogP contribution in [0.15, 0.2) is 0 Å². The minimum absolute atomic E-state index is 0.385. The van der Waals surface area contributed by atoms with Gasteiger partial charge in [-0.2, -0.15) is 21.6 Å². The lowest BCUT2D eigenvalue weighted by Crippen LogP contribution is -2.35. The number of fused-ring (bicyclic) bond motifs is 1. The summed E-state index contributed by atoms with van der Waals surface area (Å²) in [5, 5.41) is 0. The van der Waals surface area contributed by atoms with E-state index in [9.17, 15) is 26.2 Å². The molecule has 8 nitrogen and oxygen atoms in total. The first-order valence-corrected chi connectivity index (χ1v) is 10.7. The van der Waals surface area contributed by atoms with Crippen LogP contribution in [-0.2, 0) is 37.8 Å². The Morgan fingerprint density at radius 2 is 1.80 bits per heavy atom. The lowest BCUT2D eigenvalue weighted by molar-refractivity contribution is -0.228. The van der Waals surface area contributed by atoms with Crippen LogP contribution in [0.25, 0.3) is 0 Å². The van der Waals surface area contributed by atoms with E-state index in [1.54, 1.807) is 13.8 Å². The maximum Gasteiger partial charge on any atom is 0.523 e. The van der Waals surface area contributed by atoms with Crippen LogP contribution in [-0.4, -0.2) is 63.9 Å². The molecule has 2 aliphatic heterocycles. The lowest BCUT2D eigenvalue weighted by atomic mass is 10.1. The average Bonchev–Trinajstić information content (AvgIpc) is 2.90. The Morgan fingerprint density at radius 1 is 1.24 bits per heavy atom. The molecule has 0 aromatic rings. The molecule has 2 aliphatic rings. The number of ether oxygens (including phenoxy) is 4. The number of halogens is 3. The van der Waals surface area contributed by atoms with Crippen molar-refractivity contribution in [3.8, 4) is 0 Å². The molecular formula is C12H20F3O8PS. The molecule has 2 fully saturated rings. The summed E-state index contributed by atoms with van der Waals surface area (Å²) in [6.07, 6.45) is -3.51. The van der Waals surface area contributed by atoms with Crippen LogP contribution in [0.1, 0.15) is 20.3 Å². The van der Waals surface area contributed by atoms with Gasteiger partial charge in [-0.15, -0.1) is 0 Å². The van der Waals surface area contributed by atoms with Gasteiger partial charge in [0.1, 0.15) is 25.9 Å². The molecule has 0 aliphatic carbocycles. The van der Waals surface area contributed by atoms with Crippen molar-refractivity contribution in [2.75, 3.05) is 13.8 Å². The molecule has 2 heterocycles. The van der Waals surface area contributed by atoms with Crippen LogP contribution in [0.2, 0.25) is 0 Å². The zero-order chi connectivity index (χ0) is 19.2. The van der Waals surface area contributed by atoms with Crippen molar-refractivity contribution in [1.29, 1.82) is 0 Å². The van der Waals surface area contributed by atoms with Gasteiger partial charge < -0.3 is 23.5 Å². The van der Waals surface area contributed by atoms with Gasteiger partial charge in [0.15, 0.2) is 12.1 Å². The summed E-state index contributed by atoms with van der Waals surface area (Å²) in [5.74, 6) is -2.66. The summed E-state index contributed by atoms with van der Waals surface area (Å²) in [6, 6.07) is 0. The highest BCUT2D eigenvalue weighted by Crippen LogP contribution is 2.43. The summed E-state index contributed by atoms with van der Waals surface area (Å²) >= 11 is 0. The summed E-state index contributed by atoms with van der Waals surface area (Å²) < 4.78 is 97.7. The van der Waals surface area contributed by atoms with E-state index in [1.165, 1.54) is 7.11 Å². The molecule has 0 aromatic carbocycles. The Labute approximate surface area is 143 Å². The second-order valence-electron chi connectivity index (χ2n) is 6.17. The molecule has 148 valence electrons. The van der Waals surface area contributed by atoms with Gasteiger partial charge in [0, 0.05) is 13.5 Å². The van der Waals surface area contributed by atoms with Crippen molar-refractivity contribution in [3.63, 3.8) is 0 Å². The fourth-order valence-corrected chi connectivity index (χ4v) is 4.69. The van der Waals surface area contributed by atoms with Gasteiger partial charge in [-0.3, -0.25) is 4.18 Å². The van der Waals surface area contributed by atoms with Gasteiger partial charge in [-0.05, 0) is 20.5 Å². The molecule has 0 amide bonds. The monoisotopic (exact) mass is 412 g/mol. The van der Waals surface area contributed by atoms with Crippen LogP contribution in [0, 0.1) is 0 Å². The summed E-state index contributed by atoms with van der Waals surface area (Å²) in [5.41, 5.74) is -5.61. The molecule has 0 N–H and O–H groups in total. The second kappa shape index (κ2) is 7.06. The predicted molar refractivity (Wildman–Crippen MR) is 78.9 cm³/mol. The third-order valence-electron chi connectivity index (χ3n) is 3.77. The summed E-state index contributed by atoms with van der Waals surface area (Å²) in [7, 11) is -7.33. The van der Waals surface area contributed by atoms with E-state index in [1.807, 2.05) is 0 Å². The topological polar surface area (TPSA) is 97.4 Å². The molecule has 2 saturated heterocycles. The smallest absolute Gasteiger partial charge is 0.353 e. The average molecular weight is 412 g/mol. The van der Waals surface area contributed by atoms with Crippen molar-refractivity contribution < 1.29 is 49.3 Å². The minimum atomic E-state index is -5.88. The molecule has 25 heavy (non-hydrogen) atoms. The first-order chi connectivity index (χ1) is 11.3. The number of methoxy groups -OCH3 is 1. The molecule has 2 unspecified atom stereocenters. The Kier molecular flexibility index (Phi) is 5.95. The van der Waals surface area contributed by atoms with Crippen molar-refractivity contribution in [2.45, 2.75) is 62.0 Å². The van der Waals surface area contributed by atoms with Gasteiger partial charge >= 0.3 is 15.6 Å². The maximum absolute atomic E-state index is 12.5. The quantitative estimate of drug-likeness (QED) is 0.369. The van der Waals surface area contributed by atoms with Gasteiger partial charge in [-0.1, -0.05) is 0 Å². The minimum Gasteiger partial charge on any atom is -0.353 e. The normalized spacial score (nSPS) is 34.7. The van der Waals surface area contributed by atoms with Crippen LogP contribution in [0.3, 0.4) is 0 Å². The maximum atomic E-state index is 12.5. The van der Waals surface area contributed by atoms with E-state index in [0.717, 1.165) is 6.66 Å². The molecule has 13 heteroatoms. The Morgan fingerprint density at radius 3 is 2.28 bits per heavy atom. The molecule has 0 saturated carbocycles. The van der Waals surface area contributed by atoms with Gasteiger partial charge in [0.05, 0.1) is 6.10 Å². The van der Waals surface area contributed by atoms with E-state index in [4.69, 9.17) is 18.9 Å². The molecule has 2 rings (SSSR count). The van der Waals surface area contributed by atoms with Crippen molar-refractivity contribution in [2.24, 2.45) is 0 Å². The number of hydrogen-bond acceptors (Lipinski definition) is 8. The van der Waals surface area contributed by atoms with Crippen LogP contribution in [0.4, 0.5) is 13.2 Å². The molecule has 0 bridgehead atoms. The SMILES string of the molecule is CO[C@@H]1O[C@H](CC(OS(=O)(=O)C(F)(F)F)[PH](C)=O)[C@H]2OC(C)(C)O[C@@H]12. The summed E-state index contributed by atoms with van der Waals surface area (Å²) in [6.45, 7) is 4.39. The molecule has 0 spiro atoms. The fourth-order valence-electron chi connectivity index (χ4n) is 2.71. The van der Waals surface area contributed by atoms with E-state index in [-0.39, 0.29) is 6.42 Å². The standard InChI is InChI=1S/C12H20F3O8PS/c1-11(2)21-8-6(20-10(19-3)9(8)22-11)5-7(24(4)16)23-25(17,18)12(13,14)15/h6-10,24H,5H2,1-4H3/t6-,7?,8-,9-,10-/m1/s1. The molecule has 0 aromatic heterocycles. The van der Waals surface area contributed by atoms with E-state index < -0.39 is 59.7 Å². The van der Waals surface area contributed by atoms with Crippen LogP contribution < -0.4 is 0 Å². The fraction of sp³-hybridized carbons (Fsp3) is 1.00. The first kappa shape index (κ1) is 21.1. The highest BCUT2D eigenvalue weighted by molar-refractivity contribution is 7.87. The predicted octanol–water partition coefficient (Wildman–Crippen LogP) is 1.65. The van der Waals surface area contributed by atoms with Crippen LogP contribution >= 0.6 is 7.80 Å². The number of rotatable bonds is 6. The highest BCUT2D eigenvalue weighted by Gasteiger charge is 2.57. The number of hydrogen-bond donors (Lipinski definition) is 0. The first-order valence-electron chi connectivity index (χ1n) is 7.31. The number of alkyl halides is 3. The van der Waals surface area contributed by atoms with Gasteiger partial charge in [0.25, 0.3) is 0 Å². The molecule has 0 radical (unpaired) electrons. The van der Waals surface area contributed by atoms with Crippen molar-refractivity contribution in [3.05, 3.63) is 0 Å². The van der Waals surface area contributed by atoms with E-state index >= 15 is 0 Å². The Bertz CT molecular complexity index is 622. The molecule has 6 atom stereocenters. The van der Waals surface area contributed by atoms with E-state index in [0.29, 0.717) is 0 Å². The van der Waals surface area contributed by atoms with E-state index in [2.05, 4.69) is 4.18 Å². The van der Waals surface area contributed by atoms with Crippen molar-refractivity contribution in [1.82, 2.24) is 0 Å². The highest BCUT2D eigenvalue weighted by atomic mass is 32.2. The zero-order valence-electron chi connectivity index (χ0n) is 13.9.